The van der Waals surface area contributed by atoms with Gasteiger partial charge in [-0.1, -0.05) is 0 Å². The molecule has 1 aromatic rings. The van der Waals surface area contributed by atoms with E-state index in [0.29, 0.717) is 6.04 Å². The molecular weight excluding hydrogens is 212 g/mol. The molecule has 0 amide bonds. The van der Waals surface area contributed by atoms with E-state index in [0.717, 1.165) is 24.8 Å². The molecule has 1 heterocycles. The molecule has 92 valence electrons. The lowest BCUT2D eigenvalue weighted by atomic mass is 9.81. The molecule has 0 aromatic carbocycles. The van der Waals surface area contributed by atoms with Gasteiger partial charge in [0.1, 0.15) is 0 Å². The molecule has 1 aromatic heterocycles. The number of rotatable bonds is 1. The average Bonchev–Trinajstić information content (AvgIpc) is 2.38. The van der Waals surface area contributed by atoms with Gasteiger partial charge in [0.2, 0.25) is 0 Å². The number of pyridine rings is 1. The third-order valence-electron chi connectivity index (χ3n) is 4.27. The normalized spacial score (nSPS) is 23.0. The van der Waals surface area contributed by atoms with Crippen LogP contribution in [0.25, 0.3) is 0 Å². The van der Waals surface area contributed by atoms with Crippen LogP contribution in [0.2, 0.25) is 0 Å². The average molecular weight is 232 g/mol. The number of hydrogen-bond acceptors (Lipinski definition) is 2. The molecule has 3 heteroatoms. The summed E-state index contributed by atoms with van der Waals surface area (Å²) in [7, 11) is 2.03. The van der Waals surface area contributed by atoms with Gasteiger partial charge in [0.15, 0.2) is 0 Å². The Bertz CT molecular complexity index is 490. The summed E-state index contributed by atoms with van der Waals surface area (Å²) in [6, 6.07) is 0.447. The smallest absolute Gasteiger partial charge is 0.251 e. The second kappa shape index (κ2) is 4.30. The highest BCUT2D eigenvalue weighted by molar-refractivity contribution is 5.41. The van der Waals surface area contributed by atoms with Crippen LogP contribution in [0.5, 0.6) is 0 Å². The van der Waals surface area contributed by atoms with Crippen LogP contribution in [0.1, 0.15) is 54.1 Å². The minimum absolute atomic E-state index is 0.176. The zero-order valence-corrected chi connectivity index (χ0v) is 10.4. The van der Waals surface area contributed by atoms with Crippen molar-refractivity contribution in [1.82, 2.24) is 10.3 Å². The zero-order chi connectivity index (χ0) is 11.8. The van der Waals surface area contributed by atoms with Gasteiger partial charge < -0.3 is 10.3 Å². The number of aryl methyl sites for hydroxylation is 1. The van der Waals surface area contributed by atoms with Crippen molar-refractivity contribution in [3.05, 3.63) is 32.7 Å². The summed E-state index contributed by atoms with van der Waals surface area (Å²) in [6.45, 7) is 0. The molecule has 2 aliphatic carbocycles. The standard InChI is InChI=1S/C14H20N2O/c1-15-11-7-4-8-12-13(11)9-5-2-3-6-10(9)14(17)16-12/h11,15H,2-8H2,1H3,(H,16,17). The fourth-order valence-corrected chi connectivity index (χ4v) is 3.45. The molecule has 3 nitrogen and oxygen atoms in total. The van der Waals surface area contributed by atoms with Gasteiger partial charge in [0.05, 0.1) is 0 Å². The lowest BCUT2D eigenvalue weighted by Gasteiger charge is -2.30. The van der Waals surface area contributed by atoms with Crippen molar-refractivity contribution in [2.45, 2.75) is 51.0 Å². The minimum Gasteiger partial charge on any atom is -0.326 e. The molecule has 0 saturated carbocycles. The van der Waals surface area contributed by atoms with Crippen LogP contribution in [-0.4, -0.2) is 12.0 Å². The molecule has 3 rings (SSSR count). The lowest BCUT2D eigenvalue weighted by molar-refractivity contribution is 0.478. The van der Waals surface area contributed by atoms with Crippen LogP contribution in [0.15, 0.2) is 4.79 Å². The first kappa shape index (κ1) is 11.0. The van der Waals surface area contributed by atoms with E-state index in [1.54, 1.807) is 0 Å². The molecule has 0 radical (unpaired) electrons. The van der Waals surface area contributed by atoms with Crippen molar-refractivity contribution in [2.75, 3.05) is 7.05 Å². The van der Waals surface area contributed by atoms with Crippen molar-refractivity contribution in [3.8, 4) is 0 Å². The number of hydrogen-bond donors (Lipinski definition) is 2. The molecular formula is C14H20N2O. The van der Waals surface area contributed by atoms with E-state index >= 15 is 0 Å². The first-order valence-corrected chi connectivity index (χ1v) is 6.75. The Balaban J connectivity index is 2.21. The topological polar surface area (TPSA) is 44.9 Å². The van der Waals surface area contributed by atoms with Crippen LogP contribution in [-0.2, 0) is 19.3 Å². The van der Waals surface area contributed by atoms with E-state index < -0.39 is 0 Å². The maximum atomic E-state index is 12.1. The minimum atomic E-state index is 0.176. The maximum absolute atomic E-state index is 12.1. The van der Waals surface area contributed by atoms with E-state index in [9.17, 15) is 4.79 Å². The first-order chi connectivity index (χ1) is 8.31. The fourth-order valence-electron chi connectivity index (χ4n) is 3.45. The molecule has 1 atom stereocenters. The summed E-state index contributed by atoms with van der Waals surface area (Å²) in [6.07, 6.45) is 7.87. The van der Waals surface area contributed by atoms with Gasteiger partial charge in [-0.3, -0.25) is 4.79 Å². The van der Waals surface area contributed by atoms with Crippen molar-refractivity contribution in [2.24, 2.45) is 0 Å². The number of H-pyrrole nitrogens is 1. The summed E-state index contributed by atoms with van der Waals surface area (Å²) < 4.78 is 0. The monoisotopic (exact) mass is 232 g/mol. The van der Waals surface area contributed by atoms with Gasteiger partial charge in [-0.2, -0.15) is 0 Å². The van der Waals surface area contributed by atoms with Gasteiger partial charge in [0.25, 0.3) is 5.56 Å². The highest BCUT2D eigenvalue weighted by Gasteiger charge is 2.27. The van der Waals surface area contributed by atoms with Crippen molar-refractivity contribution >= 4 is 0 Å². The highest BCUT2D eigenvalue weighted by Crippen LogP contribution is 2.34. The molecule has 2 aliphatic rings. The summed E-state index contributed by atoms with van der Waals surface area (Å²) in [5.41, 5.74) is 5.23. The Morgan fingerprint density at radius 2 is 1.88 bits per heavy atom. The van der Waals surface area contributed by atoms with E-state index in [1.165, 1.54) is 42.5 Å². The molecule has 1 unspecified atom stereocenters. The second-order valence-corrected chi connectivity index (χ2v) is 5.24. The number of nitrogens with one attached hydrogen (secondary N) is 2. The molecule has 0 aliphatic heterocycles. The molecule has 0 spiro atoms. The predicted molar refractivity (Wildman–Crippen MR) is 68.4 cm³/mol. The predicted octanol–water partition coefficient (Wildman–Crippen LogP) is 1.85. The Hall–Kier alpha value is -1.09. The molecule has 2 N–H and O–H groups in total. The van der Waals surface area contributed by atoms with Crippen LogP contribution in [0, 0.1) is 0 Å². The SMILES string of the molecule is CNC1CCCc2[nH]c(=O)c3c(c21)CCCC3. The Labute approximate surface area is 102 Å². The largest absolute Gasteiger partial charge is 0.326 e. The van der Waals surface area contributed by atoms with Crippen molar-refractivity contribution in [1.29, 1.82) is 0 Å². The number of aromatic nitrogens is 1. The van der Waals surface area contributed by atoms with Gasteiger partial charge in [-0.25, -0.2) is 0 Å². The van der Waals surface area contributed by atoms with Gasteiger partial charge in [0, 0.05) is 17.3 Å². The van der Waals surface area contributed by atoms with Crippen LogP contribution >= 0.6 is 0 Å². The van der Waals surface area contributed by atoms with Crippen LogP contribution < -0.4 is 10.9 Å². The molecule has 17 heavy (non-hydrogen) atoms. The third-order valence-corrected chi connectivity index (χ3v) is 4.27. The van der Waals surface area contributed by atoms with Crippen molar-refractivity contribution < 1.29 is 0 Å². The van der Waals surface area contributed by atoms with Crippen LogP contribution in [0.4, 0.5) is 0 Å². The summed E-state index contributed by atoms with van der Waals surface area (Å²) in [4.78, 5) is 15.2. The molecule has 0 fully saturated rings. The Morgan fingerprint density at radius 1 is 1.12 bits per heavy atom. The summed E-state index contributed by atoms with van der Waals surface area (Å²) in [5, 5.41) is 3.41. The van der Waals surface area contributed by atoms with Crippen molar-refractivity contribution in [3.63, 3.8) is 0 Å². The third kappa shape index (κ3) is 1.73. The van der Waals surface area contributed by atoms with Gasteiger partial charge >= 0.3 is 0 Å². The van der Waals surface area contributed by atoms with E-state index in [1.807, 2.05) is 7.05 Å². The molecule has 0 saturated heterocycles. The first-order valence-electron chi connectivity index (χ1n) is 6.75. The maximum Gasteiger partial charge on any atom is 0.251 e. The van der Waals surface area contributed by atoms with E-state index in [4.69, 9.17) is 0 Å². The zero-order valence-electron chi connectivity index (χ0n) is 10.4. The Morgan fingerprint density at radius 3 is 2.65 bits per heavy atom. The highest BCUT2D eigenvalue weighted by atomic mass is 16.1. The quantitative estimate of drug-likeness (QED) is 0.776. The number of aromatic amines is 1. The van der Waals surface area contributed by atoms with Gasteiger partial charge in [-0.05, 0) is 63.1 Å². The summed E-state index contributed by atoms with van der Waals surface area (Å²) in [5.74, 6) is 0. The Kier molecular flexibility index (Phi) is 2.79. The second-order valence-electron chi connectivity index (χ2n) is 5.24. The van der Waals surface area contributed by atoms with E-state index in [-0.39, 0.29) is 5.56 Å². The van der Waals surface area contributed by atoms with Gasteiger partial charge in [-0.15, -0.1) is 0 Å². The lowest BCUT2D eigenvalue weighted by Crippen LogP contribution is -2.30. The summed E-state index contributed by atoms with van der Waals surface area (Å²) >= 11 is 0. The number of fused-ring (bicyclic) bond motifs is 3. The van der Waals surface area contributed by atoms with Crippen LogP contribution in [0.3, 0.4) is 0 Å². The molecule has 0 bridgehead atoms. The van der Waals surface area contributed by atoms with E-state index in [2.05, 4.69) is 10.3 Å². The fraction of sp³-hybridized carbons (Fsp3) is 0.643.